The first-order valence-electron chi connectivity index (χ1n) is 14.5. The molecule has 1 aliphatic rings. The highest BCUT2D eigenvalue weighted by Gasteiger charge is 2.35. The number of nitrogens with one attached hydrogen (secondary N) is 2. The molecule has 0 bridgehead atoms. The molecule has 0 radical (unpaired) electrons. The monoisotopic (exact) mass is 663 g/mol. The molecule has 0 saturated carbocycles. The largest absolute Gasteiger partial charge is 0.451 e. The van der Waals surface area contributed by atoms with Gasteiger partial charge in [-0.05, 0) is 51.4 Å². The molecule has 13 nitrogen and oxygen atoms in total. The summed E-state index contributed by atoms with van der Waals surface area (Å²) in [7, 11) is 4.31. The van der Waals surface area contributed by atoms with E-state index in [2.05, 4.69) is 25.5 Å². The van der Waals surface area contributed by atoms with Crippen LogP contribution in [-0.2, 0) is 32.5 Å². The van der Waals surface area contributed by atoms with Crippen LogP contribution in [0.25, 0.3) is 0 Å². The van der Waals surface area contributed by atoms with Crippen LogP contribution in [-0.4, -0.2) is 107 Å². The van der Waals surface area contributed by atoms with E-state index in [9.17, 15) is 26.8 Å². The molecule has 1 amide bonds. The van der Waals surface area contributed by atoms with Crippen LogP contribution in [0.3, 0.4) is 0 Å². The lowest BCUT2D eigenvalue weighted by molar-refractivity contribution is 0.102. The fourth-order valence-corrected chi connectivity index (χ4v) is 6.51. The number of methoxy groups -OCH3 is 2. The van der Waals surface area contributed by atoms with Gasteiger partial charge in [-0.1, -0.05) is 0 Å². The minimum Gasteiger partial charge on any atom is -0.451 e. The summed E-state index contributed by atoms with van der Waals surface area (Å²) in [6, 6.07) is 7.21. The molecule has 0 spiro atoms. The predicted molar refractivity (Wildman–Crippen MR) is 169 cm³/mol. The number of sulfonamides is 1. The van der Waals surface area contributed by atoms with Gasteiger partial charge in [0.05, 0.1) is 29.9 Å². The SMILES string of the molecule is COC[C@H](C)Nc1cc(N(C)CCN(C)C)ccc1C(=O)Nc1nn(C(=O)OC)c2c1CN(S(=O)(=O)c1cc(F)cc(F)c1)CC2. The van der Waals surface area contributed by atoms with Gasteiger partial charge in [0.2, 0.25) is 10.0 Å². The summed E-state index contributed by atoms with van der Waals surface area (Å²) in [6.07, 6.45) is -0.819. The normalized spacial score (nSPS) is 14.1. The molecule has 1 aliphatic heterocycles. The van der Waals surface area contributed by atoms with Crippen molar-refractivity contribution in [1.29, 1.82) is 0 Å². The Bertz CT molecular complexity index is 1680. The maximum atomic E-state index is 13.9. The van der Waals surface area contributed by atoms with Crippen LogP contribution in [0.5, 0.6) is 0 Å². The van der Waals surface area contributed by atoms with Gasteiger partial charge in [-0.3, -0.25) is 4.79 Å². The predicted octanol–water partition coefficient (Wildman–Crippen LogP) is 3.22. The van der Waals surface area contributed by atoms with E-state index in [0.29, 0.717) is 24.1 Å². The summed E-state index contributed by atoms with van der Waals surface area (Å²) >= 11 is 0. The van der Waals surface area contributed by atoms with Gasteiger partial charge in [-0.2, -0.15) is 8.99 Å². The van der Waals surface area contributed by atoms with Gasteiger partial charge in [0, 0.05) is 75.8 Å². The lowest BCUT2D eigenvalue weighted by Gasteiger charge is -2.27. The molecule has 1 aromatic heterocycles. The molecule has 1 atom stereocenters. The molecular formula is C30H39F2N7O6S. The van der Waals surface area contributed by atoms with Gasteiger partial charge >= 0.3 is 6.09 Å². The van der Waals surface area contributed by atoms with E-state index >= 15 is 0 Å². The summed E-state index contributed by atoms with van der Waals surface area (Å²) in [5, 5.41) is 10.3. The van der Waals surface area contributed by atoms with Crippen molar-refractivity contribution >= 4 is 39.2 Å². The van der Waals surface area contributed by atoms with Crippen LogP contribution in [0, 0.1) is 11.6 Å². The molecule has 2 N–H and O–H groups in total. The Kier molecular flexibility index (Phi) is 11.0. The maximum Gasteiger partial charge on any atom is 0.434 e. The van der Waals surface area contributed by atoms with Crippen LogP contribution in [0.4, 0.5) is 30.8 Å². The number of carbonyl (C=O) groups excluding carboxylic acids is 2. The maximum absolute atomic E-state index is 13.9. The number of anilines is 3. The summed E-state index contributed by atoms with van der Waals surface area (Å²) in [4.78, 5) is 29.9. The van der Waals surface area contributed by atoms with E-state index in [-0.39, 0.29) is 42.5 Å². The number of benzene rings is 2. The quantitative estimate of drug-likeness (QED) is 0.297. The van der Waals surface area contributed by atoms with Crippen LogP contribution in [0.1, 0.15) is 28.5 Å². The highest BCUT2D eigenvalue weighted by molar-refractivity contribution is 7.89. The Hall–Kier alpha value is -4.12. The molecule has 0 fully saturated rings. The summed E-state index contributed by atoms with van der Waals surface area (Å²) < 4.78 is 66.7. The number of nitrogens with zero attached hydrogens (tertiary/aromatic N) is 5. The average Bonchev–Trinajstić information content (AvgIpc) is 3.36. The lowest BCUT2D eigenvalue weighted by atomic mass is 10.1. The van der Waals surface area contributed by atoms with Crippen LogP contribution in [0.2, 0.25) is 0 Å². The van der Waals surface area contributed by atoms with Gasteiger partial charge in [0.1, 0.15) is 11.6 Å². The van der Waals surface area contributed by atoms with Crippen molar-refractivity contribution in [3.05, 3.63) is 64.9 Å². The Morgan fingerprint density at radius 1 is 1.07 bits per heavy atom. The second-order valence-corrected chi connectivity index (χ2v) is 13.2. The summed E-state index contributed by atoms with van der Waals surface area (Å²) in [5.41, 5.74) is 2.24. The van der Waals surface area contributed by atoms with Crippen molar-refractivity contribution in [2.24, 2.45) is 0 Å². The van der Waals surface area contributed by atoms with Gasteiger partial charge in [0.25, 0.3) is 5.91 Å². The second kappa shape index (κ2) is 14.5. The number of likely N-dealkylation sites (N-methyl/N-ethyl adjacent to an activating group) is 2. The number of ether oxygens (including phenoxy) is 2. The van der Waals surface area contributed by atoms with Crippen molar-refractivity contribution < 1.29 is 36.3 Å². The van der Waals surface area contributed by atoms with Crippen LogP contribution in [0.15, 0.2) is 41.3 Å². The molecule has 46 heavy (non-hydrogen) atoms. The minimum atomic E-state index is -4.35. The number of rotatable bonds is 12. The number of amides is 1. The Morgan fingerprint density at radius 2 is 1.76 bits per heavy atom. The molecule has 4 rings (SSSR count). The van der Waals surface area contributed by atoms with Crippen molar-refractivity contribution in [1.82, 2.24) is 19.0 Å². The number of hydrogen-bond donors (Lipinski definition) is 2. The Labute approximate surface area is 267 Å². The van der Waals surface area contributed by atoms with Gasteiger partial charge in [0.15, 0.2) is 5.82 Å². The number of hydrogen-bond acceptors (Lipinski definition) is 10. The van der Waals surface area contributed by atoms with Crippen LogP contribution < -0.4 is 15.5 Å². The number of carbonyl (C=O) groups is 2. The summed E-state index contributed by atoms with van der Waals surface area (Å²) in [5.74, 6) is -2.71. The molecule has 2 aromatic carbocycles. The van der Waals surface area contributed by atoms with Gasteiger partial charge in [-0.15, -0.1) is 5.10 Å². The van der Waals surface area contributed by atoms with E-state index in [0.717, 1.165) is 39.9 Å². The molecule has 250 valence electrons. The standard InChI is InChI=1S/C30H39F2N7O6S/c1-19(18-44-5)33-26-16-22(37(4)12-11-36(2)3)7-8-24(26)29(40)34-28-25-17-38(10-9-27(25)39(35-28)30(41)45-6)46(42,43)23-14-20(31)13-21(32)15-23/h7-8,13-16,19,33H,9-12,17-18H2,1-6H3,(H,34,35,40)/t19-/m0/s1. The van der Waals surface area contributed by atoms with E-state index in [4.69, 9.17) is 9.47 Å². The van der Waals surface area contributed by atoms with Gasteiger partial charge in [-0.25, -0.2) is 22.0 Å². The molecular weight excluding hydrogens is 624 g/mol. The highest BCUT2D eigenvalue weighted by atomic mass is 32.2. The van der Waals surface area contributed by atoms with Crippen molar-refractivity contribution in [2.45, 2.75) is 30.8 Å². The first-order valence-corrected chi connectivity index (χ1v) is 15.9. The second-order valence-electron chi connectivity index (χ2n) is 11.3. The van der Waals surface area contributed by atoms with E-state index in [1.807, 2.05) is 40.2 Å². The molecule has 2 heterocycles. The van der Waals surface area contributed by atoms with Crippen molar-refractivity contribution in [3.8, 4) is 0 Å². The fourth-order valence-electron chi connectivity index (χ4n) is 5.06. The number of aromatic nitrogens is 2. The molecule has 3 aromatic rings. The number of fused-ring (bicyclic) bond motifs is 1. The van der Waals surface area contributed by atoms with E-state index in [1.54, 1.807) is 13.2 Å². The molecule has 0 aliphatic carbocycles. The van der Waals surface area contributed by atoms with Crippen molar-refractivity contribution in [3.63, 3.8) is 0 Å². The smallest absolute Gasteiger partial charge is 0.434 e. The molecule has 16 heteroatoms. The lowest BCUT2D eigenvalue weighted by Crippen LogP contribution is -2.37. The number of halogens is 2. The fraction of sp³-hybridized carbons (Fsp3) is 0.433. The third-order valence-corrected chi connectivity index (χ3v) is 9.29. The zero-order valence-corrected chi connectivity index (χ0v) is 27.5. The highest BCUT2D eigenvalue weighted by Crippen LogP contribution is 2.32. The van der Waals surface area contributed by atoms with Crippen LogP contribution >= 0.6 is 0 Å². The summed E-state index contributed by atoms with van der Waals surface area (Å²) in [6.45, 7) is 3.40. The Morgan fingerprint density at radius 3 is 2.39 bits per heavy atom. The molecule has 0 saturated heterocycles. The first-order chi connectivity index (χ1) is 21.7. The third-order valence-electron chi connectivity index (χ3n) is 7.47. The minimum absolute atomic E-state index is 0.0135. The topological polar surface area (TPSA) is 138 Å². The van der Waals surface area contributed by atoms with Crippen molar-refractivity contribution in [2.75, 3.05) is 77.1 Å². The van der Waals surface area contributed by atoms with E-state index < -0.39 is 38.6 Å². The average molecular weight is 664 g/mol. The molecule has 0 unspecified atom stereocenters. The third kappa shape index (κ3) is 7.81. The zero-order chi connectivity index (χ0) is 33.8. The van der Waals surface area contributed by atoms with E-state index in [1.165, 1.54) is 7.11 Å². The zero-order valence-electron chi connectivity index (χ0n) is 26.6. The van der Waals surface area contributed by atoms with Gasteiger partial charge < -0.3 is 29.9 Å². The Balaban J connectivity index is 1.69. The first kappa shape index (κ1) is 34.7.